The van der Waals surface area contributed by atoms with Crippen LogP contribution in [0.1, 0.15) is 78.8 Å². The number of likely N-dealkylation sites (tertiary alicyclic amines) is 1. The maximum absolute atomic E-state index is 14.7. The second-order valence-electron chi connectivity index (χ2n) is 14.8. The number of aryl methyl sites for hydroxylation is 1. The first-order chi connectivity index (χ1) is 26.3. The Kier molecular flexibility index (Phi) is 11.5. The highest BCUT2D eigenvalue weighted by Gasteiger charge is 2.29. The summed E-state index contributed by atoms with van der Waals surface area (Å²) < 4.78 is 46.0. The minimum atomic E-state index is -0.842. The Labute approximate surface area is 318 Å². The van der Waals surface area contributed by atoms with Crippen LogP contribution in [0.4, 0.5) is 14.5 Å². The van der Waals surface area contributed by atoms with E-state index in [2.05, 4.69) is 71.6 Å². The van der Waals surface area contributed by atoms with Gasteiger partial charge in [0.1, 0.15) is 5.75 Å². The number of ether oxygens (including phenoxy) is 3. The molecule has 9 heteroatoms. The first-order valence-electron chi connectivity index (χ1n) is 19.2. The van der Waals surface area contributed by atoms with Crippen LogP contribution >= 0.6 is 0 Å². The number of halogens is 2. The second-order valence-corrected chi connectivity index (χ2v) is 14.8. The maximum Gasteiger partial charge on any atom is 0.163 e. The van der Waals surface area contributed by atoms with Gasteiger partial charge in [-0.05, 0) is 133 Å². The topological polar surface area (TPSA) is 59.1 Å². The lowest BCUT2D eigenvalue weighted by Gasteiger charge is -2.40. The quantitative estimate of drug-likeness (QED) is 0.139. The molecule has 1 saturated heterocycles. The summed E-state index contributed by atoms with van der Waals surface area (Å²) in [7, 11) is 5.07. The van der Waals surface area contributed by atoms with E-state index in [9.17, 15) is 8.78 Å². The van der Waals surface area contributed by atoms with Crippen LogP contribution in [0.15, 0.2) is 84.7 Å². The highest BCUT2D eigenvalue weighted by atomic mass is 19.2. The van der Waals surface area contributed by atoms with E-state index in [1.165, 1.54) is 47.2 Å². The number of anilines is 1. The van der Waals surface area contributed by atoms with Crippen molar-refractivity contribution >= 4 is 5.69 Å². The van der Waals surface area contributed by atoms with Gasteiger partial charge in [0.2, 0.25) is 0 Å². The molecule has 3 heterocycles. The Balaban J connectivity index is 1.08. The lowest BCUT2D eigenvalue weighted by molar-refractivity contribution is 0.224. The smallest absolute Gasteiger partial charge is 0.163 e. The molecule has 0 amide bonds. The van der Waals surface area contributed by atoms with Gasteiger partial charge in [-0.1, -0.05) is 25.5 Å². The fourth-order valence-electron chi connectivity index (χ4n) is 8.13. The summed E-state index contributed by atoms with van der Waals surface area (Å²) in [5, 5.41) is 3.55. The van der Waals surface area contributed by atoms with Crippen LogP contribution in [0.3, 0.4) is 0 Å². The average molecular weight is 735 g/mol. The summed E-state index contributed by atoms with van der Waals surface area (Å²) in [6.07, 6.45) is 14.5. The van der Waals surface area contributed by atoms with E-state index in [0.29, 0.717) is 23.9 Å². The van der Waals surface area contributed by atoms with Gasteiger partial charge in [0.05, 0.1) is 33.1 Å². The van der Waals surface area contributed by atoms with Crippen molar-refractivity contribution in [3.05, 3.63) is 124 Å². The second kappa shape index (κ2) is 16.6. The number of nitrogens with zero attached hydrogens (tertiary/aromatic N) is 3. The van der Waals surface area contributed by atoms with Crippen molar-refractivity contribution in [2.75, 3.05) is 45.9 Å². The van der Waals surface area contributed by atoms with Crippen molar-refractivity contribution in [1.82, 2.24) is 15.2 Å². The third kappa shape index (κ3) is 8.26. The van der Waals surface area contributed by atoms with Gasteiger partial charge < -0.3 is 24.4 Å². The highest BCUT2D eigenvalue weighted by Crippen LogP contribution is 2.45. The van der Waals surface area contributed by atoms with Gasteiger partial charge in [-0.25, -0.2) is 8.78 Å². The Morgan fingerprint density at radius 3 is 2.39 bits per heavy atom. The number of hydrogen-bond donors (Lipinski definition) is 1. The predicted octanol–water partition coefficient (Wildman–Crippen LogP) is 9.45. The highest BCUT2D eigenvalue weighted by molar-refractivity contribution is 5.67. The number of aromatic nitrogens is 1. The Hall–Kier alpha value is -4.89. The van der Waals surface area contributed by atoms with E-state index in [0.717, 1.165) is 79.2 Å². The lowest BCUT2D eigenvalue weighted by atomic mass is 9.94. The molecule has 1 unspecified atom stereocenters. The van der Waals surface area contributed by atoms with Crippen LogP contribution in [-0.4, -0.2) is 56.9 Å². The largest absolute Gasteiger partial charge is 0.496 e. The van der Waals surface area contributed by atoms with Crippen molar-refractivity contribution in [2.24, 2.45) is 0 Å². The van der Waals surface area contributed by atoms with E-state index in [1.807, 2.05) is 18.3 Å². The molecule has 2 aliphatic heterocycles. The zero-order valence-corrected chi connectivity index (χ0v) is 32.1. The van der Waals surface area contributed by atoms with E-state index in [4.69, 9.17) is 19.2 Å². The molecule has 7 rings (SSSR count). The Morgan fingerprint density at radius 2 is 1.69 bits per heavy atom. The molecule has 1 atom stereocenters. The molecule has 1 saturated carbocycles. The van der Waals surface area contributed by atoms with Crippen LogP contribution in [-0.2, 0) is 13.0 Å². The van der Waals surface area contributed by atoms with Crippen LogP contribution in [0, 0.1) is 18.6 Å². The molecule has 1 aromatic heterocycles. The van der Waals surface area contributed by atoms with E-state index >= 15 is 0 Å². The third-order valence-electron chi connectivity index (χ3n) is 11.2. The van der Waals surface area contributed by atoms with Crippen molar-refractivity contribution < 1.29 is 23.0 Å². The molecule has 0 spiro atoms. The monoisotopic (exact) mass is 734 g/mol. The number of nitrogens with one attached hydrogen (secondary N) is 1. The van der Waals surface area contributed by atoms with Crippen molar-refractivity contribution in [1.29, 1.82) is 0 Å². The first kappa shape index (κ1) is 37.4. The Morgan fingerprint density at radius 1 is 0.889 bits per heavy atom. The van der Waals surface area contributed by atoms with Crippen LogP contribution in [0.2, 0.25) is 0 Å². The minimum absolute atomic E-state index is 0.0842. The molecule has 3 aliphatic rings. The van der Waals surface area contributed by atoms with E-state index in [1.54, 1.807) is 27.4 Å². The predicted molar refractivity (Wildman–Crippen MR) is 212 cm³/mol. The molecule has 3 aromatic carbocycles. The van der Waals surface area contributed by atoms with Gasteiger partial charge in [-0.2, -0.15) is 0 Å². The van der Waals surface area contributed by atoms with Crippen molar-refractivity contribution in [2.45, 2.75) is 76.9 Å². The lowest BCUT2D eigenvalue weighted by Crippen LogP contribution is -2.45. The van der Waals surface area contributed by atoms with Crippen LogP contribution in [0.25, 0.3) is 11.3 Å². The number of piperidine rings is 1. The third-order valence-corrected chi connectivity index (χ3v) is 11.2. The molecular weight excluding hydrogens is 683 g/mol. The molecule has 2 fully saturated rings. The number of methoxy groups -OCH3 is 3. The zero-order chi connectivity index (χ0) is 37.8. The van der Waals surface area contributed by atoms with Crippen molar-refractivity contribution in [3.63, 3.8) is 0 Å². The summed E-state index contributed by atoms with van der Waals surface area (Å²) in [5.41, 5.74) is 9.72. The molecule has 1 aliphatic carbocycles. The summed E-state index contributed by atoms with van der Waals surface area (Å²) in [4.78, 5) is 9.46. The molecular formula is C45H52F2N4O3. The molecule has 4 aromatic rings. The van der Waals surface area contributed by atoms with Gasteiger partial charge >= 0.3 is 0 Å². The normalized spacial score (nSPS) is 17.5. The van der Waals surface area contributed by atoms with E-state index < -0.39 is 11.6 Å². The van der Waals surface area contributed by atoms with Crippen LogP contribution in [0.5, 0.6) is 17.2 Å². The molecule has 54 heavy (non-hydrogen) atoms. The van der Waals surface area contributed by atoms with Gasteiger partial charge in [-0.15, -0.1) is 0 Å². The summed E-state index contributed by atoms with van der Waals surface area (Å²) >= 11 is 0. The fourth-order valence-corrected chi connectivity index (χ4v) is 8.13. The van der Waals surface area contributed by atoms with Gasteiger partial charge in [-0.3, -0.25) is 9.88 Å². The van der Waals surface area contributed by atoms with Gasteiger partial charge in [0.15, 0.2) is 23.1 Å². The SMILES string of the molecule is CCCc1cc(-c2cc(CN(c3ccc(F)c(F)c3)C3CCN(CC4=CC(c5cc(OC)c(C)c(C6CC6)c5)NC=C4)CC3)ccn2)cc(OC)c1OC. The number of rotatable bonds is 14. The molecule has 7 nitrogen and oxygen atoms in total. The zero-order valence-electron chi connectivity index (χ0n) is 32.1. The summed E-state index contributed by atoms with van der Waals surface area (Å²) in [6, 6.07) is 17.2. The number of benzene rings is 3. The summed E-state index contributed by atoms with van der Waals surface area (Å²) in [6.45, 7) is 7.48. The molecule has 1 N–H and O–H groups in total. The van der Waals surface area contributed by atoms with E-state index in [-0.39, 0.29) is 12.1 Å². The minimum Gasteiger partial charge on any atom is -0.496 e. The fraction of sp³-hybridized carbons (Fsp3) is 0.400. The first-order valence-corrected chi connectivity index (χ1v) is 19.2. The molecule has 284 valence electrons. The maximum atomic E-state index is 14.7. The van der Waals surface area contributed by atoms with Crippen LogP contribution < -0.4 is 24.4 Å². The number of dihydropyridines is 1. The number of hydrogen-bond acceptors (Lipinski definition) is 7. The standard InChI is InChI=1S/C45H52F2N4O3/c1-6-7-33-22-34(25-44(53-4)45(33)54-5)41-21-31(13-17-48-41)28-51(37-10-11-39(46)40(47)26-37)36-14-18-50(19-15-36)27-30-12-16-49-42(20-30)35-23-38(32-8-9-32)29(2)43(24-35)52-3/h10-13,16-17,20-26,32,36,42,49H,6-9,14-15,18-19,27-28H2,1-5H3. The molecule has 0 bridgehead atoms. The molecule has 0 radical (unpaired) electrons. The van der Waals surface area contributed by atoms with Gasteiger partial charge in [0.25, 0.3) is 0 Å². The van der Waals surface area contributed by atoms with Crippen molar-refractivity contribution in [3.8, 4) is 28.5 Å². The average Bonchev–Trinajstić information content (AvgIpc) is 4.04. The van der Waals surface area contributed by atoms with Gasteiger partial charge in [0, 0.05) is 55.7 Å². The Bertz CT molecular complexity index is 2020. The summed E-state index contributed by atoms with van der Waals surface area (Å²) in [5.74, 6) is 1.34. The number of pyridine rings is 1.